The van der Waals surface area contributed by atoms with Gasteiger partial charge in [-0.05, 0) is 62.0 Å². The van der Waals surface area contributed by atoms with Crippen LogP contribution in [-0.2, 0) is 6.42 Å². The summed E-state index contributed by atoms with van der Waals surface area (Å²) in [4.78, 5) is 26.5. The Morgan fingerprint density at radius 3 is 2.61 bits per heavy atom. The molecule has 3 aliphatic rings. The highest BCUT2D eigenvalue weighted by Gasteiger charge is 2.46. The van der Waals surface area contributed by atoms with Crippen molar-refractivity contribution in [2.45, 2.75) is 51.1 Å². The van der Waals surface area contributed by atoms with E-state index in [1.807, 2.05) is 37.4 Å². The monoisotopic (exact) mass is 453 g/mol. The first kappa shape index (κ1) is 20.5. The van der Waals surface area contributed by atoms with E-state index in [-0.39, 0.29) is 11.9 Å². The van der Waals surface area contributed by atoms with Crippen molar-refractivity contribution in [2.24, 2.45) is 5.92 Å². The van der Waals surface area contributed by atoms with Crippen LogP contribution in [0.25, 0.3) is 21.2 Å². The SMILES string of the molecule is Cc1nc(C(=O)N2C(CCc3cc4ccccc4cn3)CC3CC2C3)c(-c2ccccc2)s1. The molecule has 2 saturated heterocycles. The minimum Gasteiger partial charge on any atom is -0.331 e. The third kappa shape index (κ3) is 3.84. The zero-order valence-electron chi connectivity index (χ0n) is 18.8. The number of thiazole rings is 1. The number of amides is 1. The molecule has 2 bridgehead atoms. The van der Waals surface area contributed by atoms with Gasteiger partial charge in [-0.25, -0.2) is 4.98 Å². The van der Waals surface area contributed by atoms with Crippen LogP contribution in [0.5, 0.6) is 0 Å². The molecule has 0 N–H and O–H groups in total. The summed E-state index contributed by atoms with van der Waals surface area (Å²) in [5.74, 6) is 0.872. The second-order valence-electron chi connectivity index (χ2n) is 9.43. The normalized spacial score (nSPS) is 21.7. The fraction of sp³-hybridized carbons (Fsp3) is 0.321. The quantitative estimate of drug-likeness (QED) is 0.357. The molecule has 3 fully saturated rings. The lowest BCUT2D eigenvalue weighted by molar-refractivity contribution is -0.0205. The smallest absolute Gasteiger partial charge is 0.274 e. The molecule has 2 aromatic carbocycles. The molecule has 1 amide bonds. The molecule has 4 heterocycles. The molecule has 0 radical (unpaired) electrons. The predicted octanol–water partition coefficient (Wildman–Crippen LogP) is 6.29. The summed E-state index contributed by atoms with van der Waals surface area (Å²) < 4.78 is 0. The van der Waals surface area contributed by atoms with Gasteiger partial charge in [-0.1, -0.05) is 54.6 Å². The van der Waals surface area contributed by atoms with Crippen LogP contribution in [0.3, 0.4) is 0 Å². The minimum atomic E-state index is 0.109. The first-order valence-corrected chi connectivity index (χ1v) is 12.7. The zero-order chi connectivity index (χ0) is 22.4. The van der Waals surface area contributed by atoms with Crippen LogP contribution in [0.15, 0.2) is 66.9 Å². The lowest BCUT2D eigenvalue weighted by atomic mass is 9.69. The van der Waals surface area contributed by atoms with E-state index in [1.165, 1.54) is 10.8 Å². The van der Waals surface area contributed by atoms with Gasteiger partial charge in [0.2, 0.25) is 0 Å². The molecule has 0 spiro atoms. The molecular formula is C28H27N3OS. The summed E-state index contributed by atoms with van der Waals surface area (Å²) in [7, 11) is 0. The standard InChI is InChI=1S/C28H27N3OS/c1-18-30-26(27(33-18)20-7-3-2-4-8-20)28(32)31-24(13-19-14-25(31)15-19)12-11-23-16-21-9-5-6-10-22(21)17-29-23/h2-10,16-17,19,24-25H,11-15H2,1H3. The van der Waals surface area contributed by atoms with E-state index >= 15 is 0 Å². The van der Waals surface area contributed by atoms with Gasteiger partial charge in [0.25, 0.3) is 5.91 Å². The Labute approximate surface area is 198 Å². The van der Waals surface area contributed by atoms with E-state index in [4.69, 9.17) is 9.97 Å². The molecule has 1 unspecified atom stereocenters. The van der Waals surface area contributed by atoms with Crippen LogP contribution >= 0.6 is 11.3 Å². The van der Waals surface area contributed by atoms with E-state index < -0.39 is 0 Å². The Kier molecular flexibility index (Phi) is 5.22. The Morgan fingerprint density at radius 1 is 1.03 bits per heavy atom. The van der Waals surface area contributed by atoms with Crippen molar-refractivity contribution in [3.05, 3.63) is 83.3 Å². The van der Waals surface area contributed by atoms with E-state index in [0.29, 0.717) is 11.7 Å². The van der Waals surface area contributed by atoms with Gasteiger partial charge in [0, 0.05) is 29.4 Å². The fourth-order valence-corrected chi connectivity index (χ4v) is 6.48. The molecule has 2 aliphatic heterocycles. The minimum absolute atomic E-state index is 0.109. The number of aryl methyl sites for hydroxylation is 2. The average Bonchev–Trinajstić information content (AvgIpc) is 3.23. The van der Waals surface area contributed by atoms with Gasteiger partial charge in [0.15, 0.2) is 0 Å². The van der Waals surface area contributed by atoms with Crippen LogP contribution in [0.1, 0.15) is 46.9 Å². The van der Waals surface area contributed by atoms with Crippen molar-refractivity contribution in [2.75, 3.05) is 0 Å². The highest BCUT2D eigenvalue weighted by atomic mass is 32.1. The van der Waals surface area contributed by atoms with Gasteiger partial charge >= 0.3 is 0 Å². The largest absolute Gasteiger partial charge is 0.331 e. The van der Waals surface area contributed by atoms with Gasteiger partial charge in [-0.3, -0.25) is 9.78 Å². The number of rotatable bonds is 5. The van der Waals surface area contributed by atoms with Crippen molar-refractivity contribution in [3.8, 4) is 10.4 Å². The van der Waals surface area contributed by atoms with Crippen LogP contribution < -0.4 is 0 Å². The maximum atomic E-state index is 13.9. The summed E-state index contributed by atoms with van der Waals surface area (Å²) in [5, 5.41) is 3.34. The average molecular weight is 454 g/mol. The van der Waals surface area contributed by atoms with E-state index in [9.17, 15) is 4.79 Å². The van der Waals surface area contributed by atoms with Crippen molar-refractivity contribution in [3.63, 3.8) is 0 Å². The molecule has 166 valence electrons. The Balaban J connectivity index is 1.26. The molecule has 33 heavy (non-hydrogen) atoms. The maximum absolute atomic E-state index is 13.9. The number of piperidine rings is 2. The topological polar surface area (TPSA) is 46.1 Å². The third-order valence-corrected chi connectivity index (χ3v) is 8.25. The lowest BCUT2D eigenvalue weighted by Gasteiger charge is -2.53. The van der Waals surface area contributed by atoms with Gasteiger partial charge in [-0.2, -0.15) is 0 Å². The Morgan fingerprint density at radius 2 is 1.79 bits per heavy atom. The Hall–Kier alpha value is -3.05. The molecular weight excluding hydrogens is 426 g/mol. The van der Waals surface area contributed by atoms with Gasteiger partial charge < -0.3 is 4.90 Å². The first-order valence-electron chi connectivity index (χ1n) is 11.8. The third-order valence-electron chi connectivity index (χ3n) is 7.23. The predicted molar refractivity (Wildman–Crippen MR) is 133 cm³/mol. The van der Waals surface area contributed by atoms with Crippen LogP contribution in [0.4, 0.5) is 0 Å². The van der Waals surface area contributed by atoms with Crippen LogP contribution in [0, 0.1) is 12.8 Å². The molecule has 2 aromatic heterocycles. The van der Waals surface area contributed by atoms with E-state index in [1.54, 1.807) is 11.3 Å². The van der Waals surface area contributed by atoms with E-state index in [2.05, 4.69) is 41.3 Å². The van der Waals surface area contributed by atoms with Gasteiger partial charge in [-0.15, -0.1) is 11.3 Å². The molecule has 4 aromatic rings. The van der Waals surface area contributed by atoms with Crippen molar-refractivity contribution in [1.82, 2.24) is 14.9 Å². The lowest BCUT2D eigenvalue weighted by Crippen LogP contribution is -2.59. The van der Waals surface area contributed by atoms with Gasteiger partial charge in [0.05, 0.1) is 9.88 Å². The molecule has 1 aliphatic carbocycles. The molecule has 1 atom stereocenters. The molecule has 4 nitrogen and oxygen atoms in total. The van der Waals surface area contributed by atoms with E-state index in [0.717, 1.165) is 59.2 Å². The summed E-state index contributed by atoms with van der Waals surface area (Å²) in [6, 6.07) is 21.4. The van der Waals surface area contributed by atoms with Gasteiger partial charge in [0.1, 0.15) is 5.69 Å². The highest BCUT2D eigenvalue weighted by Crippen LogP contribution is 2.45. The summed E-state index contributed by atoms with van der Waals surface area (Å²) in [6.07, 6.45) is 7.18. The second kappa shape index (κ2) is 8.38. The second-order valence-corrected chi connectivity index (χ2v) is 10.6. The van der Waals surface area contributed by atoms with Crippen molar-refractivity contribution in [1.29, 1.82) is 0 Å². The number of hydrogen-bond donors (Lipinski definition) is 0. The molecule has 5 heteroatoms. The first-order chi connectivity index (χ1) is 16.2. The number of aromatic nitrogens is 2. The summed E-state index contributed by atoms with van der Waals surface area (Å²) >= 11 is 1.62. The number of benzene rings is 2. The molecule has 1 saturated carbocycles. The number of carbonyl (C=O) groups is 1. The number of hydrogen-bond acceptors (Lipinski definition) is 4. The summed E-state index contributed by atoms with van der Waals surface area (Å²) in [5.41, 5.74) is 2.81. The number of fused-ring (bicyclic) bond motifs is 3. The maximum Gasteiger partial charge on any atom is 0.274 e. The number of pyridine rings is 1. The zero-order valence-corrected chi connectivity index (χ0v) is 19.6. The van der Waals surface area contributed by atoms with Crippen LogP contribution in [-0.4, -0.2) is 32.9 Å². The van der Waals surface area contributed by atoms with Crippen LogP contribution in [0.2, 0.25) is 0 Å². The summed E-state index contributed by atoms with van der Waals surface area (Å²) in [6.45, 7) is 1.99. The molecule has 7 rings (SSSR count). The highest BCUT2D eigenvalue weighted by molar-refractivity contribution is 7.15. The number of carbonyl (C=O) groups excluding carboxylic acids is 1. The number of nitrogens with zero attached hydrogens (tertiary/aromatic N) is 3. The Bertz CT molecular complexity index is 1310. The fourth-order valence-electron chi connectivity index (χ4n) is 5.56. The van der Waals surface area contributed by atoms with Crippen molar-refractivity contribution >= 4 is 28.0 Å². The van der Waals surface area contributed by atoms with Crippen molar-refractivity contribution < 1.29 is 4.79 Å².